The highest BCUT2D eigenvalue weighted by atomic mass is 14.9. The van der Waals surface area contributed by atoms with Crippen LogP contribution in [0.25, 0.3) is 66.6 Å². The van der Waals surface area contributed by atoms with Crippen LogP contribution in [-0.2, 0) is 5.41 Å². The quantitative estimate of drug-likeness (QED) is 0.216. The van der Waals surface area contributed by atoms with Gasteiger partial charge in [0.25, 0.3) is 0 Å². The average Bonchev–Trinajstić information content (AvgIpc) is 3.26. The van der Waals surface area contributed by atoms with Crippen molar-refractivity contribution in [2.24, 2.45) is 0 Å². The maximum Gasteiger partial charge on any atom is 0.160 e. The van der Waals surface area contributed by atoms with Crippen LogP contribution in [0.15, 0.2) is 128 Å². The molecule has 0 saturated carbocycles. The van der Waals surface area contributed by atoms with E-state index in [-0.39, 0.29) is 5.41 Å². The fraction of sp³-hybridized carbons (Fsp3) is 0.0789. The van der Waals surface area contributed by atoms with Crippen molar-refractivity contribution in [3.05, 3.63) is 139 Å². The van der Waals surface area contributed by atoms with Gasteiger partial charge in [0.2, 0.25) is 0 Å². The van der Waals surface area contributed by atoms with E-state index >= 15 is 0 Å². The number of hydrogen-bond donors (Lipinski definition) is 0. The number of rotatable bonds is 3. The number of hydrogen-bond acceptors (Lipinski definition) is 3. The lowest BCUT2D eigenvalue weighted by Crippen LogP contribution is -2.14. The van der Waals surface area contributed by atoms with Crippen LogP contribution in [0.1, 0.15) is 25.0 Å². The number of benzene rings is 5. The van der Waals surface area contributed by atoms with Crippen molar-refractivity contribution < 1.29 is 0 Å². The molecule has 41 heavy (non-hydrogen) atoms. The maximum absolute atomic E-state index is 5.09. The van der Waals surface area contributed by atoms with E-state index in [0.29, 0.717) is 5.82 Å². The highest BCUT2D eigenvalue weighted by molar-refractivity contribution is 5.99. The van der Waals surface area contributed by atoms with E-state index in [0.717, 1.165) is 28.1 Å². The lowest BCUT2D eigenvalue weighted by Gasteiger charge is -2.22. The molecule has 3 heteroatoms. The summed E-state index contributed by atoms with van der Waals surface area (Å²) in [5.74, 6) is 0.696. The minimum Gasteiger partial charge on any atom is -0.265 e. The summed E-state index contributed by atoms with van der Waals surface area (Å²) in [7, 11) is 0. The molecule has 194 valence electrons. The third-order valence-corrected chi connectivity index (χ3v) is 8.54. The second-order valence-corrected chi connectivity index (χ2v) is 11.4. The summed E-state index contributed by atoms with van der Waals surface area (Å²) < 4.78 is 0. The standard InChI is InChI=1S/C38H27N3/c1-38(2)33-10-6-5-9-31(33)32-14-13-29(22-34(32)38)36-23-35(40-37(41-36)24-15-17-39-18-16-24)28-12-11-27-19-25-7-3-4-8-26(25)20-30(27)21-28/h3-23H,1-2H3. The largest absolute Gasteiger partial charge is 0.265 e. The Morgan fingerprint density at radius 3 is 1.85 bits per heavy atom. The van der Waals surface area contributed by atoms with Crippen LogP contribution in [-0.4, -0.2) is 15.0 Å². The molecule has 0 amide bonds. The zero-order valence-electron chi connectivity index (χ0n) is 23.0. The Balaban J connectivity index is 1.31. The Hall–Kier alpha value is -5.15. The monoisotopic (exact) mass is 525 g/mol. The van der Waals surface area contributed by atoms with Gasteiger partial charge in [0.15, 0.2) is 5.82 Å². The van der Waals surface area contributed by atoms with Gasteiger partial charge in [-0.3, -0.25) is 4.98 Å². The summed E-state index contributed by atoms with van der Waals surface area (Å²) in [5.41, 5.74) is 10.2. The molecule has 0 aliphatic heterocycles. The Kier molecular flexibility index (Phi) is 5.17. The van der Waals surface area contributed by atoms with Gasteiger partial charge in [-0.2, -0.15) is 0 Å². The number of nitrogens with zero attached hydrogens (tertiary/aromatic N) is 3. The predicted octanol–water partition coefficient (Wildman–Crippen LogP) is 9.49. The normalized spacial score (nSPS) is 13.3. The number of aromatic nitrogens is 3. The third-order valence-electron chi connectivity index (χ3n) is 8.54. The van der Waals surface area contributed by atoms with E-state index in [1.165, 1.54) is 43.8 Å². The Labute approximate surface area is 239 Å². The molecular weight excluding hydrogens is 498 g/mol. The Morgan fingerprint density at radius 1 is 0.463 bits per heavy atom. The summed E-state index contributed by atoms with van der Waals surface area (Å²) in [6.45, 7) is 4.63. The molecule has 0 radical (unpaired) electrons. The molecule has 0 N–H and O–H groups in total. The van der Waals surface area contributed by atoms with E-state index in [4.69, 9.17) is 9.97 Å². The molecule has 1 aliphatic rings. The predicted molar refractivity (Wildman–Crippen MR) is 169 cm³/mol. The van der Waals surface area contributed by atoms with Gasteiger partial charge in [-0.25, -0.2) is 9.97 Å². The van der Waals surface area contributed by atoms with Crippen molar-refractivity contribution in [3.8, 4) is 45.0 Å². The smallest absolute Gasteiger partial charge is 0.160 e. The molecule has 0 atom stereocenters. The lowest BCUT2D eigenvalue weighted by molar-refractivity contribution is 0.660. The Bertz CT molecular complexity index is 2130. The third kappa shape index (κ3) is 3.85. The molecule has 0 unspecified atom stereocenters. The lowest BCUT2D eigenvalue weighted by atomic mass is 9.82. The summed E-state index contributed by atoms with van der Waals surface area (Å²) in [6, 6.07) is 41.2. The van der Waals surface area contributed by atoms with Gasteiger partial charge in [0.1, 0.15) is 0 Å². The first-order valence-electron chi connectivity index (χ1n) is 14.0. The van der Waals surface area contributed by atoms with Crippen LogP contribution in [0.5, 0.6) is 0 Å². The first-order chi connectivity index (χ1) is 20.0. The molecule has 2 aromatic heterocycles. The van der Waals surface area contributed by atoms with Crippen LogP contribution >= 0.6 is 0 Å². The molecule has 0 fully saturated rings. The summed E-state index contributed by atoms with van der Waals surface area (Å²) in [6.07, 6.45) is 3.59. The molecule has 8 rings (SSSR count). The van der Waals surface area contributed by atoms with Gasteiger partial charge in [-0.1, -0.05) is 86.6 Å². The van der Waals surface area contributed by atoms with Crippen LogP contribution in [0.2, 0.25) is 0 Å². The maximum atomic E-state index is 5.09. The van der Waals surface area contributed by atoms with Crippen LogP contribution in [0.3, 0.4) is 0 Å². The van der Waals surface area contributed by atoms with Crippen molar-refractivity contribution >= 4 is 21.5 Å². The first kappa shape index (κ1) is 23.7. The van der Waals surface area contributed by atoms with Crippen LogP contribution in [0.4, 0.5) is 0 Å². The minimum atomic E-state index is -0.0765. The van der Waals surface area contributed by atoms with Crippen molar-refractivity contribution in [2.75, 3.05) is 0 Å². The topological polar surface area (TPSA) is 38.7 Å². The second kappa shape index (κ2) is 8.94. The molecule has 0 spiro atoms. The summed E-state index contributed by atoms with van der Waals surface area (Å²) in [5, 5.41) is 4.90. The van der Waals surface area contributed by atoms with E-state index < -0.39 is 0 Å². The molecule has 2 heterocycles. The molecule has 0 bridgehead atoms. The van der Waals surface area contributed by atoms with E-state index in [1.807, 2.05) is 12.1 Å². The molecule has 1 aliphatic carbocycles. The van der Waals surface area contributed by atoms with Crippen molar-refractivity contribution in [1.29, 1.82) is 0 Å². The van der Waals surface area contributed by atoms with Gasteiger partial charge in [-0.05, 0) is 86.3 Å². The molecule has 5 aromatic carbocycles. The molecule has 7 aromatic rings. The molecule has 0 saturated heterocycles. The molecular formula is C38H27N3. The van der Waals surface area contributed by atoms with Crippen LogP contribution < -0.4 is 0 Å². The van der Waals surface area contributed by atoms with Crippen LogP contribution in [0, 0.1) is 0 Å². The molecule has 3 nitrogen and oxygen atoms in total. The van der Waals surface area contributed by atoms with Gasteiger partial charge >= 0.3 is 0 Å². The van der Waals surface area contributed by atoms with E-state index in [2.05, 4.69) is 122 Å². The zero-order valence-corrected chi connectivity index (χ0v) is 23.0. The first-order valence-corrected chi connectivity index (χ1v) is 14.0. The highest BCUT2D eigenvalue weighted by Crippen LogP contribution is 2.49. The van der Waals surface area contributed by atoms with Gasteiger partial charge in [0, 0.05) is 34.5 Å². The van der Waals surface area contributed by atoms with Crippen molar-refractivity contribution in [1.82, 2.24) is 15.0 Å². The van der Waals surface area contributed by atoms with Gasteiger partial charge in [0.05, 0.1) is 11.4 Å². The van der Waals surface area contributed by atoms with E-state index in [1.54, 1.807) is 12.4 Å². The SMILES string of the molecule is CC1(C)c2ccccc2-c2ccc(-c3cc(-c4ccc5cc6ccccc6cc5c4)nc(-c4ccncc4)n3)cc21. The highest BCUT2D eigenvalue weighted by Gasteiger charge is 2.35. The number of fused-ring (bicyclic) bond motifs is 5. The summed E-state index contributed by atoms with van der Waals surface area (Å²) in [4.78, 5) is 14.4. The minimum absolute atomic E-state index is 0.0765. The number of pyridine rings is 1. The van der Waals surface area contributed by atoms with Crippen molar-refractivity contribution in [3.63, 3.8) is 0 Å². The fourth-order valence-electron chi connectivity index (χ4n) is 6.34. The fourth-order valence-corrected chi connectivity index (χ4v) is 6.34. The average molecular weight is 526 g/mol. The second-order valence-electron chi connectivity index (χ2n) is 11.4. The van der Waals surface area contributed by atoms with E-state index in [9.17, 15) is 0 Å². The van der Waals surface area contributed by atoms with Crippen molar-refractivity contribution in [2.45, 2.75) is 19.3 Å². The van der Waals surface area contributed by atoms with Gasteiger partial charge < -0.3 is 0 Å². The zero-order chi connectivity index (χ0) is 27.6. The Morgan fingerprint density at radius 2 is 1.07 bits per heavy atom. The van der Waals surface area contributed by atoms with Gasteiger partial charge in [-0.15, -0.1) is 0 Å². The summed E-state index contributed by atoms with van der Waals surface area (Å²) >= 11 is 0.